The van der Waals surface area contributed by atoms with Gasteiger partial charge in [0.05, 0.1) is 0 Å². The van der Waals surface area contributed by atoms with Gasteiger partial charge >= 0.3 is 0 Å². The number of fused-ring (bicyclic) bond motifs is 3. The molecule has 21 heavy (non-hydrogen) atoms. The third-order valence-electron chi connectivity index (χ3n) is 4.92. The maximum Gasteiger partial charge on any atom is 0.0491 e. The Morgan fingerprint density at radius 1 is 1.00 bits per heavy atom. The molecule has 3 aromatic rings. The lowest BCUT2D eigenvalue weighted by Gasteiger charge is -2.23. The van der Waals surface area contributed by atoms with Crippen LogP contribution in [0.3, 0.4) is 0 Å². The number of benzene rings is 2. The summed E-state index contributed by atoms with van der Waals surface area (Å²) in [6, 6.07) is 15.9. The molecule has 0 aliphatic carbocycles. The minimum absolute atomic E-state index is 0.722. The van der Waals surface area contributed by atoms with E-state index in [0.29, 0.717) is 0 Å². The van der Waals surface area contributed by atoms with Crippen LogP contribution in [0.2, 0.25) is 0 Å². The first-order valence-corrected chi connectivity index (χ1v) is 8.10. The summed E-state index contributed by atoms with van der Waals surface area (Å²) in [5, 5.41) is 6.27. The Morgan fingerprint density at radius 2 is 1.76 bits per heavy atom. The number of aryl methyl sites for hydroxylation is 1. The summed E-state index contributed by atoms with van der Waals surface area (Å²) in [5.74, 6) is 0.722. The molecule has 1 saturated heterocycles. The minimum atomic E-state index is 0.722. The maximum absolute atomic E-state index is 3.46. The highest BCUT2D eigenvalue weighted by Gasteiger charge is 2.17. The zero-order valence-electron chi connectivity index (χ0n) is 12.6. The Bertz CT molecular complexity index is 779. The van der Waals surface area contributed by atoms with Crippen LogP contribution < -0.4 is 5.32 Å². The molecule has 1 aliphatic heterocycles. The largest absolute Gasteiger partial charge is 0.341 e. The van der Waals surface area contributed by atoms with E-state index in [1.165, 1.54) is 40.2 Å². The zero-order valence-corrected chi connectivity index (χ0v) is 12.6. The first-order valence-electron chi connectivity index (χ1n) is 8.10. The molecule has 0 atom stereocenters. The highest BCUT2D eigenvalue weighted by atomic mass is 15.0. The van der Waals surface area contributed by atoms with Gasteiger partial charge in [-0.05, 0) is 62.5 Å². The van der Waals surface area contributed by atoms with E-state index in [1.807, 2.05) is 0 Å². The SMILES string of the molecule is CCn1c2ccccc2c2cc(C3CCNCC3)ccc21. The first kappa shape index (κ1) is 12.9. The number of para-hydroxylation sites is 1. The Morgan fingerprint density at radius 3 is 2.57 bits per heavy atom. The molecule has 0 radical (unpaired) electrons. The highest BCUT2D eigenvalue weighted by molar-refractivity contribution is 6.08. The van der Waals surface area contributed by atoms with Gasteiger partial charge in [0.2, 0.25) is 0 Å². The van der Waals surface area contributed by atoms with Crippen molar-refractivity contribution in [1.82, 2.24) is 9.88 Å². The Balaban J connectivity index is 1.92. The molecule has 0 amide bonds. The first-order chi connectivity index (χ1) is 10.4. The van der Waals surface area contributed by atoms with E-state index in [4.69, 9.17) is 0 Å². The van der Waals surface area contributed by atoms with Crippen LogP contribution in [-0.4, -0.2) is 17.7 Å². The molecule has 1 aromatic heterocycles. The van der Waals surface area contributed by atoms with Gasteiger partial charge in [0, 0.05) is 28.4 Å². The van der Waals surface area contributed by atoms with Crippen molar-refractivity contribution in [2.45, 2.75) is 32.2 Å². The molecule has 0 bridgehead atoms. The van der Waals surface area contributed by atoms with Crippen molar-refractivity contribution in [2.75, 3.05) is 13.1 Å². The standard InChI is InChI=1S/C19H22N2/c1-2-21-18-6-4-3-5-16(18)17-13-15(7-8-19(17)21)14-9-11-20-12-10-14/h3-8,13-14,20H,2,9-12H2,1H3. The molecule has 108 valence electrons. The molecular weight excluding hydrogens is 256 g/mol. The number of piperidine rings is 1. The minimum Gasteiger partial charge on any atom is -0.341 e. The fourth-order valence-electron chi connectivity index (χ4n) is 3.82. The van der Waals surface area contributed by atoms with Crippen molar-refractivity contribution in [2.24, 2.45) is 0 Å². The quantitative estimate of drug-likeness (QED) is 0.740. The van der Waals surface area contributed by atoms with E-state index in [2.05, 4.69) is 59.3 Å². The second-order valence-corrected chi connectivity index (χ2v) is 6.06. The molecule has 2 aromatic carbocycles. The van der Waals surface area contributed by atoms with Gasteiger partial charge in [0.15, 0.2) is 0 Å². The van der Waals surface area contributed by atoms with Crippen LogP contribution in [-0.2, 0) is 6.54 Å². The van der Waals surface area contributed by atoms with Crippen molar-refractivity contribution in [1.29, 1.82) is 0 Å². The highest BCUT2D eigenvalue weighted by Crippen LogP contribution is 2.33. The Labute approximate surface area is 125 Å². The van der Waals surface area contributed by atoms with Gasteiger partial charge < -0.3 is 9.88 Å². The molecule has 1 N–H and O–H groups in total. The van der Waals surface area contributed by atoms with Crippen molar-refractivity contribution in [3.05, 3.63) is 48.0 Å². The average molecular weight is 278 g/mol. The monoisotopic (exact) mass is 278 g/mol. The van der Waals surface area contributed by atoms with E-state index in [-0.39, 0.29) is 0 Å². The zero-order chi connectivity index (χ0) is 14.2. The van der Waals surface area contributed by atoms with Crippen molar-refractivity contribution in [3.63, 3.8) is 0 Å². The van der Waals surface area contributed by atoms with Crippen LogP contribution in [0.5, 0.6) is 0 Å². The van der Waals surface area contributed by atoms with Crippen LogP contribution in [0.15, 0.2) is 42.5 Å². The van der Waals surface area contributed by atoms with Gasteiger partial charge in [-0.15, -0.1) is 0 Å². The number of rotatable bonds is 2. The summed E-state index contributed by atoms with van der Waals surface area (Å²) < 4.78 is 2.43. The normalized spacial score (nSPS) is 16.8. The molecule has 0 spiro atoms. The number of nitrogens with one attached hydrogen (secondary N) is 1. The predicted octanol–water partition coefficient (Wildman–Crippen LogP) is 4.28. The van der Waals surface area contributed by atoms with Crippen molar-refractivity contribution in [3.8, 4) is 0 Å². The summed E-state index contributed by atoms with van der Waals surface area (Å²) in [4.78, 5) is 0. The summed E-state index contributed by atoms with van der Waals surface area (Å²) in [6.45, 7) is 5.56. The fraction of sp³-hybridized carbons (Fsp3) is 0.368. The van der Waals surface area contributed by atoms with E-state index in [9.17, 15) is 0 Å². The lowest BCUT2D eigenvalue weighted by molar-refractivity contribution is 0.460. The topological polar surface area (TPSA) is 17.0 Å². The number of hydrogen-bond acceptors (Lipinski definition) is 1. The van der Waals surface area contributed by atoms with Crippen LogP contribution in [0.1, 0.15) is 31.2 Å². The lowest BCUT2D eigenvalue weighted by atomic mass is 9.89. The van der Waals surface area contributed by atoms with Crippen LogP contribution in [0.4, 0.5) is 0 Å². The summed E-state index contributed by atoms with van der Waals surface area (Å²) in [5.41, 5.74) is 4.25. The van der Waals surface area contributed by atoms with E-state index < -0.39 is 0 Å². The van der Waals surface area contributed by atoms with E-state index >= 15 is 0 Å². The molecule has 2 heteroatoms. The van der Waals surface area contributed by atoms with Crippen molar-refractivity contribution >= 4 is 21.8 Å². The number of nitrogens with zero attached hydrogens (tertiary/aromatic N) is 1. The van der Waals surface area contributed by atoms with Gasteiger partial charge in [-0.2, -0.15) is 0 Å². The fourth-order valence-corrected chi connectivity index (χ4v) is 3.82. The number of hydrogen-bond donors (Lipinski definition) is 1. The molecule has 1 aliphatic rings. The Hall–Kier alpha value is -1.80. The molecular formula is C19H22N2. The third-order valence-corrected chi connectivity index (χ3v) is 4.92. The number of aromatic nitrogens is 1. The molecule has 2 heterocycles. The predicted molar refractivity (Wildman–Crippen MR) is 90.0 cm³/mol. The van der Waals surface area contributed by atoms with Crippen molar-refractivity contribution < 1.29 is 0 Å². The smallest absolute Gasteiger partial charge is 0.0491 e. The van der Waals surface area contributed by atoms with E-state index in [0.717, 1.165) is 25.6 Å². The lowest BCUT2D eigenvalue weighted by Crippen LogP contribution is -2.26. The molecule has 0 unspecified atom stereocenters. The van der Waals surface area contributed by atoms with Crippen LogP contribution in [0.25, 0.3) is 21.8 Å². The van der Waals surface area contributed by atoms with Gasteiger partial charge in [0.1, 0.15) is 0 Å². The summed E-state index contributed by atoms with van der Waals surface area (Å²) >= 11 is 0. The van der Waals surface area contributed by atoms with Gasteiger partial charge in [-0.25, -0.2) is 0 Å². The Kier molecular flexibility index (Phi) is 3.19. The van der Waals surface area contributed by atoms with Crippen LogP contribution in [0, 0.1) is 0 Å². The van der Waals surface area contributed by atoms with Gasteiger partial charge in [-0.3, -0.25) is 0 Å². The van der Waals surface area contributed by atoms with E-state index in [1.54, 1.807) is 0 Å². The second-order valence-electron chi connectivity index (χ2n) is 6.06. The maximum atomic E-state index is 3.46. The molecule has 1 fully saturated rings. The van der Waals surface area contributed by atoms with Crippen LogP contribution >= 0.6 is 0 Å². The molecule has 0 saturated carbocycles. The molecule has 2 nitrogen and oxygen atoms in total. The average Bonchev–Trinajstić information content (AvgIpc) is 2.88. The van der Waals surface area contributed by atoms with Gasteiger partial charge in [-0.1, -0.05) is 24.3 Å². The summed E-state index contributed by atoms with van der Waals surface area (Å²) in [6.07, 6.45) is 2.52. The van der Waals surface area contributed by atoms with Gasteiger partial charge in [0.25, 0.3) is 0 Å². The third kappa shape index (κ3) is 2.06. The summed E-state index contributed by atoms with van der Waals surface area (Å²) in [7, 11) is 0. The second kappa shape index (κ2) is 5.19. The molecule has 4 rings (SSSR count).